The summed E-state index contributed by atoms with van der Waals surface area (Å²) >= 11 is 9.57. The fourth-order valence-electron chi connectivity index (χ4n) is 1.13. The molecule has 1 rings (SSSR count). The molecule has 0 bridgehead atoms. The zero-order chi connectivity index (χ0) is 11.6. The molecule has 0 aromatic heterocycles. The van der Waals surface area contributed by atoms with Crippen LogP contribution in [0.5, 0.6) is 0 Å². The lowest BCUT2D eigenvalue weighted by atomic mass is 10.1. The molecule has 0 radical (unpaired) electrons. The summed E-state index contributed by atoms with van der Waals surface area (Å²) in [5.41, 5.74) is 1.06. The second-order valence-electron chi connectivity index (χ2n) is 3.33. The number of amides is 1. The first kappa shape index (κ1) is 12.3. The summed E-state index contributed by atoms with van der Waals surface area (Å²) in [7, 11) is 1.57. The quantitative estimate of drug-likeness (QED) is 0.796. The number of rotatable bonds is 2. The first-order chi connectivity index (χ1) is 6.91. The van der Waals surface area contributed by atoms with Crippen LogP contribution in [-0.4, -0.2) is 17.2 Å². The number of thiol groups is 1. The minimum absolute atomic E-state index is 0.248. The molecule has 0 saturated heterocycles. The maximum Gasteiger partial charge on any atom is 0.278 e. The van der Waals surface area contributed by atoms with Gasteiger partial charge in [0.1, 0.15) is 5.82 Å². The highest BCUT2D eigenvalue weighted by molar-refractivity contribution is 7.96. The fourth-order valence-corrected chi connectivity index (χ4v) is 1.48. The van der Waals surface area contributed by atoms with Crippen LogP contribution in [0.2, 0.25) is 5.02 Å². The molecule has 0 unspecified atom stereocenters. The van der Waals surface area contributed by atoms with Gasteiger partial charge in [-0.05, 0) is 30.2 Å². The van der Waals surface area contributed by atoms with Gasteiger partial charge in [-0.3, -0.25) is 4.79 Å². The van der Waals surface area contributed by atoms with Gasteiger partial charge in [0, 0.05) is 18.6 Å². The van der Waals surface area contributed by atoms with E-state index in [2.05, 4.69) is 12.6 Å². The van der Waals surface area contributed by atoms with Crippen LogP contribution in [-0.2, 0) is 6.54 Å². The molecule has 0 spiro atoms. The molecule has 5 heteroatoms. The number of aryl methyl sites for hydroxylation is 1. The molecule has 82 valence electrons. The molecular formula is C10H11ClFNOS. The first-order valence-electron chi connectivity index (χ1n) is 4.30. The summed E-state index contributed by atoms with van der Waals surface area (Å²) < 4.78 is 13.2. The zero-order valence-corrected chi connectivity index (χ0v) is 10.1. The van der Waals surface area contributed by atoms with Gasteiger partial charge in [-0.1, -0.05) is 24.2 Å². The van der Waals surface area contributed by atoms with Crippen LogP contribution in [0.1, 0.15) is 11.1 Å². The molecular weight excluding hydrogens is 237 g/mol. The minimum atomic E-state index is -0.382. The minimum Gasteiger partial charge on any atom is -0.332 e. The van der Waals surface area contributed by atoms with Crippen LogP contribution in [0.3, 0.4) is 0 Å². The maximum absolute atomic E-state index is 13.2. The Bertz CT molecular complexity index is 397. The van der Waals surface area contributed by atoms with Gasteiger partial charge in [-0.25, -0.2) is 4.39 Å². The van der Waals surface area contributed by atoms with Crippen LogP contribution in [0, 0.1) is 12.7 Å². The summed E-state index contributed by atoms with van der Waals surface area (Å²) in [6.45, 7) is 1.89. The lowest BCUT2D eigenvalue weighted by Crippen LogP contribution is -2.20. The van der Waals surface area contributed by atoms with E-state index in [1.807, 2.05) is 0 Å². The summed E-state index contributed by atoms with van der Waals surface area (Å²) in [5, 5.41) is 0.0717. The van der Waals surface area contributed by atoms with E-state index in [0.717, 1.165) is 0 Å². The van der Waals surface area contributed by atoms with Gasteiger partial charge in [0.05, 0.1) is 0 Å². The largest absolute Gasteiger partial charge is 0.332 e. The van der Waals surface area contributed by atoms with Gasteiger partial charge >= 0.3 is 0 Å². The zero-order valence-electron chi connectivity index (χ0n) is 8.42. The second-order valence-corrected chi connectivity index (χ2v) is 4.12. The topological polar surface area (TPSA) is 20.3 Å². The molecule has 1 aromatic rings. The summed E-state index contributed by atoms with van der Waals surface area (Å²) in [6.07, 6.45) is 0. The second kappa shape index (κ2) is 4.86. The smallest absolute Gasteiger partial charge is 0.278 e. The van der Waals surface area contributed by atoms with Crippen molar-refractivity contribution in [2.24, 2.45) is 0 Å². The van der Waals surface area contributed by atoms with Crippen molar-refractivity contribution in [2.45, 2.75) is 13.5 Å². The standard InChI is InChI=1S/C10H11ClFNOS/c1-6-3-8(11)7(4-9(6)12)5-13(2)10(14)15/h3-4H,5H2,1-2H3,(H,14,15). The fraction of sp³-hybridized carbons (Fsp3) is 0.300. The normalized spacial score (nSPS) is 10.2. The Hall–Kier alpha value is -0.740. The third-order valence-corrected chi connectivity index (χ3v) is 2.75. The number of halogens is 2. The Morgan fingerprint density at radius 3 is 2.73 bits per heavy atom. The van der Waals surface area contributed by atoms with Gasteiger partial charge in [0.2, 0.25) is 0 Å². The molecule has 0 fully saturated rings. The average molecular weight is 248 g/mol. The first-order valence-corrected chi connectivity index (χ1v) is 5.13. The number of carbonyl (C=O) groups is 1. The summed E-state index contributed by atoms with van der Waals surface area (Å²) in [6, 6.07) is 2.88. The van der Waals surface area contributed by atoms with Crippen LogP contribution in [0.25, 0.3) is 0 Å². The van der Waals surface area contributed by atoms with E-state index in [1.54, 1.807) is 20.0 Å². The van der Waals surface area contributed by atoms with Gasteiger partial charge in [-0.2, -0.15) is 0 Å². The Labute approximate surface area is 98.4 Å². The van der Waals surface area contributed by atoms with Crippen LogP contribution in [0.15, 0.2) is 12.1 Å². The van der Waals surface area contributed by atoms with E-state index in [-0.39, 0.29) is 17.6 Å². The number of carbonyl (C=O) groups excluding carboxylic acids is 1. The molecule has 2 nitrogen and oxygen atoms in total. The van der Waals surface area contributed by atoms with Crippen molar-refractivity contribution in [3.05, 3.63) is 34.1 Å². The van der Waals surface area contributed by atoms with Crippen molar-refractivity contribution in [3.63, 3.8) is 0 Å². The van der Waals surface area contributed by atoms with Gasteiger partial charge in [-0.15, -0.1) is 0 Å². The Morgan fingerprint density at radius 1 is 1.60 bits per heavy atom. The van der Waals surface area contributed by atoms with Crippen LogP contribution in [0.4, 0.5) is 9.18 Å². The predicted molar refractivity (Wildman–Crippen MR) is 62.0 cm³/mol. The van der Waals surface area contributed by atoms with Crippen LogP contribution >= 0.6 is 24.2 Å². The van der Waals surface area contributed by atoms with Crippen molar-refractivity contribution < 1.29 is 9.18 Å². The lowest BCUT2D eigenvalue weighted by molar-refractivity contribution is 0.232. The lowest BCUT2D eigenvalue weighted by Gasteiger charge is -2.15. The third-order valence-electron chi connectivity index (χ3n) is 2.06. The van der Waals surface area contributed by atoms with Crippen molar-refractivity contribution in [3.8, 4) is 0 Å². The van der Waals surface area contributed by atoms with Crippen molar-refractivity contribution in [2.75, 3.05) is 7.05 Å². The number of benzene rings is 1. The molecule has 0 aliphatic carbocycles. The molecule has 0 aliphatic heterocycles. The average Bonchev–Trinajstić information content (AvgIpc) is 2.13. The van der Waals surface area contributed by atoms with Gasteiger partial charge in [0.15, 0.2) is 0 Å². The number of nitrogens with zero attached hydrogens (tertiary/aromatic N) is 1. The van der Waals surface area contributed by atoms with E-state index in [1.165, 1.54) is 11.0 Å². The highest BCUT2D eigenvalue weighted by atomic mass is 35.5. The highest BCUT2D eigenvalue weighted by Crippen LogP contribution is 2.21. The Kier molecular flexibility index (Phi) is 3.99. The molecule has 0 atom stereocenters. The van der Waals surface area contributed by atoms with E-state index in [4.69, 9.17) is 11.6 Å². The Morgan fingerprint density at radius 2 is 2.20 bits per heavy atom. The van der Waals surface area contributed by atoms with E-state index >= 15 is 0 Å². The third kappa shape index (κ3) is 3.11. The highest BCUT2D eigenvalue weighted by Gasteiger charge is 2.10. The predicted octanol–water partition coefficient (Wildman–Crippen LogP) is 3.27. The van der Waals surface area contributed by atoms with Crippen molar-refractivity contribution in [1.29, 1.82) is 0 Å². The molecule has 0 N–H and O–H groups in total. The SMILES string of the molecule is Cc1cc(Cl)c(CN(C)C(=O)S)cc1F. The molecule has 15 heavy (non-hydrogen) atoms. The monoisotopic (exact) mass is 247 g/mol. The molecule has 0 saturated carbocycles. The van der Waals surface area contributed by atoms with E-state index in [9.17, 15) is 9.18 Å². The Balaban J connectivity index is 2.95. The van der Waals surface area contributed by atoms with Gasteiger partial charge in [0.25, 0.3) is 5.24 Å². The van der Waals surface area contributed by atoms with E-state index < -0.39 is 0 Å². The number of hydrogen-bond donors (Lipinski definition) is 1. The molecule has 0 aliphatic rings. The molecule has 1 aromatic carbocycles. The molecule has 0 heterocycles. The summed E-state index contributed by atoms with van der Waals surface area (Å²) in [5.74, 6) is -0.325. The van der Waals surface area contributed by atoms with Crippen molar-refractivity contribution >= 4 is 29.5 Å². The summed E-state index contributed by atoms with van der Waals surface area (Å²) in [4.78, 5) is 12.2. The maximum atomic E-state index is 13.2. The number of hydrogen-bond acceptors (Lipinski definition) is 1. The van der Waals surface area contributed by atoms with Crippen LogP contribution < -0.4 is 0 Å². The van der Waals surface area contributed by atoms with Gasteiger partial charge < -0.3 is 4.90 Å². The van der Waals surface area contributed by atoms with E-state index in [0.29, 0.717) is 16.1 Å². The molecule has 1 amide bonds. The van der Waals surface area contributed by atoms with Crippen molar-refractivity contribution in [1.82, 2.24) is 4.90 Å².